The van der Waals surface area contributed by atoms with E-state index in [1.54, 1.807) is 24.3 Å². The van der Waals surface area contributed by atoms with Crippen LogP contribution in [-0.2, 0) is 19.8 Å². The van der Waals surface area contributed by atoms with E-state index in [0.29, 0.717) is 24.1 Å². The number of Topliss-reactive ketones (excluding diaryl/α,β-unsaturated/α-hetero) is 1. The predicted octanol–water partition coefficient (Wildman–Crippen LogP) is 1.65. The van der Waals surface area contributed by atoms with E-state index in [1.807, 2.05) is 12.2 Å². The van der Waals surface area contributed by atoms with E-state index in [2.05, 4.69) is 4.79 Å². The highest BCUT2D eigenvalue weighted by atomic mass is 16.2. The third-order valence-electron chi connectivity index (χ3n) is 4.63. The summed E-state index contributed by atoms with van der Waals surface area (Å²) in [5.41, 5.74) is 8.77. The van der Waals surface area contributed by atoms with Crippen molar-refractivity contribution < 1.29 is 19.2 Å². The number of amides is 2. The average Bonchev–Trinajstić information content (AvgIpc) is 2.78. The third-order valence-corrected chi connectivity index (χ3v) is 4.63. The number of nitrogens with zero attached hydrogens (tertiary/aromatic N) is 3. The van der Waals surface area contributed by atoms with Gasteiger partial charge in [0.15, 0.2) is 0 Å². The Morgan fingerprint density at radius 2 is 2.09 bits per heavy atom. The minimum Gasteiger partial charge on any atom is -0.361 e. The lowest BCUT2D eigenvalue weighted by Gasteiger charge is -2.35. The lowest BCUT2D eigenvalue weighted by atomic mass is 9.64. The van der Waals surface area contributed by atoms with E-state index in [9.17, 15) is 14.4 Å². The van der Waals surface area contributed by atoms with E-state index in [4.69, 9.17) is 5.53 Å². The van der Waals surface area contributed by atoms with Crippen molar-refractivity contribution in [3.05, 3.63) is 47.5 Å². The van der Waals surface area contributed by atoms with Gasteiger partial charge in [-0.3, -0.25) is 14.4 Å². The molecule has 1 aromatic rings. The van der Waals surface area contributed by atoms with Gasteiger partial charge < -0.3 is 5.53 Å². The van der Waals surface area contributed by atoms with Crippen LogP contribution in [0.2, 0.25) is 0 Å². The zero-order valence-electron chi connectivity index (χ0n) is 12.6. The standard InChI is InChI=1S/C17H15N3O3/c1-11(21)20-14-8-3-2-6-12(14)17(16(20)23)9-5-4-7-13(17)15(22)10-19-18/h2-6,8,10,13H,7,9H2,1H3. The number of hydrogen-bond acceptors (Lipinski definition) is 3. The number of hydrogen-bond donors (Lipinski definition) is 0. The predicted molar refractivity (Wildman–Crippen MR) is 82.8 cm³/mol. The van der Waals surface area contributed by atoms with Crippen LogP contribution in [0.3, 0.4) is 0 Å². The number of rotatable bonds is 2. The molecule has 0 fully saturated rings. The van der Waals surface area contributed by atoms with Gasteiger partial charge in [-0.2, -0.15) is 4.79 Å². The number of para-hydroxylation sites is 1. The molecule has 6 heteroatoms. The maximum absolute atomic E-state index is 13.1. The number of allylic oxidation sites excluding steroid dienone is 2. The second-order valence-corrected chi connectivity index (χ2v) is 5.76. The van der Waals surface area contributed by atoms with Gasteiger partial charge in [0.25, 0.3) is 0 Å². The molecule has 116 valence electrons. The van der Waals surface area contributed by atoms with Gasteiger partial charge in [0.05, 0.1) is 17.0 Å². The lowest BCUT2D eigenvalue weighted by molar-refractivity contribution is -0.134. The van der Waals surface area contributed by atoms with Gasteiger partial charge in [-0.15, -0.1) is 0 Å². The molecule has 2 unspecified atom stereocenters. The molecule has 0 saturated heterocycles. The molecule has 1 aliphatic carbocycles. The highest BCUT2D eigenvalue weighted by Crippen LogP contribution is 2.51. The van der Waals surface area contributed by atoms with Crippen molar-refractivity contribution in [3.63, 3.8) is 0 Å². The first-order chi connectivity index (χ1) is 11.0. The van der Waals surface area contributed by atoms with Gasteiger partial charge in [0.1, 0.15) is 0 Å². The Kier molecular flexibility index (Phi) is 3.54. The van der Waals surface area contributed by atoms with Crippen molar-refractivity contribution in [3.8, 4) is 0 Å². The van der Waals surface area contributed by atoms with Crippen LogP contribution in [0.15, 0.2) is 36.4 Å². The van der Waals surface area contributed by atoms with Crippen LogP contribution in [0.1, 0.15) is 25.3 Å². The summed E-state index contributed by atoms with van der Waals surface area (Å²) < 4.78 is 0. The summed E-state index contributed by atoms with van der Waals surface area (Å²) in [5, 5.41) is 0. The molecule has 0 radical (unpaired) electrons. The maximum Gasteiger partial charge on any atom is 0.323 e. The molecule has 3 rings (SSSR count). The van der Waals surface area contributed by atoms with Crippen molar-refractivity contribution in [2.75, 3.05) is 4.90 Å². The van der Waals surface area contributed by atoms with E-state index in [1.165, 1.54) is 6.92 Å². The summed E-state index contributed by atoms with van der Waals surface area (Å²) in [7, 11) is 0. The number of carbonyl (C=O) groups excluding carboxylic acids is 3. The fourth-order valence-electron chi connectivity index (χ4n) is 3.67. The zero-order chi connectivity index (χ0) is 16.6. The van der Waals surface area contributed by atoms with Gasteiger partial charge in [0, 0.05) is 6.92 Å². The van der Waals surface area contributed by atoms with Crippen molar-refractivity contribution in [2.24, 2.45) is 5.92 Å². The molecule has 1 aromatic carbocycles. The largest absolute Gasteiger partial charge is 0.361 e. The number of ketones is 1. The van der Waals surface area contributed by atoms with E-state index >= 15 is 0 Å². The molecule has 2 aliphatic rings. The average molecular weight is 309 g/mol. The van der Waals surface area contributed by atoms with E-state index in [-0.39, 0.29) is 11.8 Å². The minimum atomic E-state index is -1.12. The van der Waals surface area contributed by atoms with Crippen molar-refractivity contribution >= 4 is 29.5 Å². The van der Waals surface area contributed by atoms with Crippen LogP contribution in [-0.4, -0.2) is 28.6 Å². The number of carbonyl (C=O) groups is 3. The number of anilines is 1. The summed E-state index contributed by atoms with van der Waals surface area (Å²) in [6, 6.07) is 7.04. The smallest absolute Gasteiger partial charge is 0.323 e. The Labute approximate surface area is 133 Å². The Morgan fingerprint density at radius 3 is 2.78 bits per heavy atom. The summed E-state index contributed by atoms with van der Waals surface area (Å²) >= 11 is 0. The van der Waals surface area contributed by atoms with E-state index in [0.717, 1.165) is 11.1 Å². The zero-order valence-corrected chi connectivity index (χ0v) is 12.6. The second kappa shape index (κ2) is 5.41. The fourth-order valence-corrected chi connectivity index (χ4v) is 3.67. The molecule has 1 heterocycles. The SMILES string of the molecule is CC(=O)N1C(=O)C2(CC=CCC2C(=O)C=[N+]=[N-])c2ccccc21. The van der Waals surface area contributed by atoms with Crippen LogP contribution < -0.4 is 4.90 Å². The van der Waals surface area contributed by atoms with Crippen molar-refractivity contribution in [1.29, 1.82) is 0 Å². The summed E-state index contributed by atoms with van der Waals surface area (Å²) in [6.07, 6.45) is 5.22. The second-order valence-electron chi connectivity index (χ2n) is 5.76. The Hall–Kier alpha value is -2.85. The van der Waals surface area contributed by atoms with Gasteiger partial charge in [0.2, 0.25) is 17.6 Å². The number of benzene rings is 1. The van der Waals surface area contributed by atoms with Crippen molar-refractivity contribution in [1.82, 2.24) is 0 Å². The quantitative estimate of drug-likeness (QED) is 0.360. The molecular weight excluding hydrogens is 294 g/mol. The molecule has 1 spiro atoms. The van der Waals surface area contributed by atoms with Gasteiger partial charge >= 0.3 is 6.21 Å². The maximum atomic E-state index is 13.1. The highest BCUT2D eigenvalue weighted by Gasteiger charge is 2.58. The van der Waals surface area contributed by atoms with Crippen LogP contribution in [0.5, 0.6) is 0 Å². The summed E-state index contributed by atoms with van der Waals surface area (Å²) in [5.74, 6) is -1.89. The van der Waals surface area contributed by atoms with Crippen molar-refractivity contribution in [2.45, 2.75) is 25.2 Å². The summed E-state index contributed by atoms with van der Waals surface area (Å²) in [4.78, 5) is 41.4. The number of fused-ring (bicyclic) bond motifs is 2. The van der Waals surface area contributed by atoms with Crippen LogP contribution >= 0.6 is 0 Å². The fraction of sp³-hybridized carbons (Fsp3) is 0.294. The topological polar surface area (TPSA) is 90.9 Å². The van der Waals surface area contributed by atoms with Crippen LogP contribution in [0, 0.1) is 5.92 Å². The molecule has 0 aromatic heterocycles. The van der Waals surface area contributed by atoms with Crippen LogP contribution in [0.4, 0.5) is 5.69 Å². The van der Waals surface area contributed by atoms with Gasteiger partial charge in [-0.05, 0) is 24.5 Å². The third kappa shape index (κ3) is 1.99. The first-order valence-corrected chi connectivity index (χ1v) is 7.35. The number of imide groups is 1. The van der Waals surface area contributed by atoms with Gasteiger partial charge in [-0.25, -0.2) is 4.90 Å². The monoisotopic (exact) mass is 309 g/mol. The van der Waals surface area contributed by atoms with Crippen LogP contribution in [0.25, 0.3) is 5.53 Å². The highest BCUT2D eigenvalue weighted by molar-refractivity contribution is 6.30. The Balaban J connectivity index is 2.25. The lowest BCUT2D eigenvalue weighted by Crippen LogP contribution is -2.50. The normalized spacial score (nSPS) is 25.2. The Bertz CT molecular complexity index is 792. The molecule has 2 atom stereocenters. The molecule has 6 nitrogen and oxygen atoms in total. The first-order valence-electron chi connectivity index (χ1n) is 7.35. The summed E-state index contributed by atoms with van der Waals surface area (Å²) in [6.45, 7) is 1.33. The molecule has 0 bridgehead atoms. The molecule has 0 saturated carbocycles. The molecule has 23 heavy (non-hydrogen) atoms. The van der Waals surface area contributed by atoms with E-state index < -0.39 is 17.1 Å². The Morgan fingerprint density at radius 1 is 1.35 bits per heavy atom. The molecule has 1 aliphatic heterocycles. The minimum absolute atomic E-state index is 0.336. The molecule has 0 N–H and O–H groups in total. The first kappa shape index (κ1) is 15.1. The van der Waals surface area contributed by atoms with Gasteiger partial charge in [-0.1, -0.05) is 30.4 Å². The molecule has 2 amide bonds. The molecular formula is C17H15N3O3.